The fourth-order valence-electron chi connectivity index (χ4n) is 2.63. The normalized spacial score (nSPS) is 11.8. The molecule has 0 aliphatic heterocycles. The van der Waals surface area contributed by atoms with Gasteiger partial charge in [0.1, 0.15) is 11.7 Å². The number of hydrogen-bond donors (Lipinski definition) is 0. The van der Waals surface area contributed by atoms with Crippen molar-refractivity contribution in [3.8, 4) is 5.75 Å². The van der Waals surface area contributed by atoms with Crippen LogP contribution in [0.5, 0.6) is 5.75 Å². The van der Waals surface area contributed by atoms with Crippen LogP contribution in [-0.4, -0.2) is 44.5 Å². The molecule has 0 heterocycles. The van der Waals surface area contributed by atoms with E-state index >= 15 is 0 Å². The fourth-order valence-corrected chi connectivity index (χ4v) is 2.63. The van der Waals surface area contributed by atoms with Crippen molar-refractivity contribution in [1.29, 1.82) is 0 Å². The molecule has 0 fully saturated rings. The van der Waals surface area contributed by atoms with Crippen molar-refractivity contribution < 1.29 is 19.1 Å². The minimum Gasteiger partial charge on any atom is -0.497 e. The summed E-state index contributed by atoms with van der Waals surface area (Å²) in [5.41, 5.74) is 1.58. The number of carbonyl (C=O) groups excluding carboxylic acids is 2. The summed E-state index contributed by atoms with van der Waals surface area (Å²) in [6, 6.07) is 16.6. The van der Waals surface area contributed by atoms with Crippen LogP contribution in [0.4, 0.5) is 0 Å². The Bertz CT molecular complexity index is 697. The number of ether oxygens (including phenoxy) is 2. The molecule has 0 saturated heterocycles. The Morgan fingerprint density at radius 2 is 1.64 bits per heavy atom. The Morgan fingerprint density at radius 3 is 2.20 bits per heavy atom. The molecular formula is C20H23NO4. The highest BCUT2D eigenvalue weighted by Crippen LogP contribution is 2.17. The van der Waals surface area contributed by atoms with E-state index in [0.29, 0.717) is 17.9 Å². The van der Waals surface area contributed by atoms with E-state index in [4.69, 9.17) is 9.47 Å². The second kappa shape index (κ2) is 8.99. The average molecular weight is 341 g/mol. The number of benzene rings is 2. The van der Waals surface area contributed by atoms with Crippen LogP contribution in [-0.2, 0) is 16.1 Å². The lowest BCUT2D eigenvalue weighted by molar-refractivity contribution is -0.144. The lowest BCUT2D eigenvalue weighted by atomic mass is 9.96. The number of ketones is 1. The van der Waals surface area contributed by atoms with Gasteiger partial charge in [0, 0.05) is 18.7 Å². The van der Waals surface area contributed by atoms with Crippen LogP contribution in [0.3, 0.4) is 0 Å². The molecule has 5 nitrogen and oxygen atoms in total. The smallest absolute Gasteiger partial charge is 0.317 e. The first kappa shape index (κ1) is 18.7. The molecule has 5 heteroatoms. The first-order valence-electron chi connectivity index (χ1n) is 8.03. The molecule has 2 rings (SSSR count). The maximum absolute atomic E-state index is 12.8. The first-order valence-corrected chi connectivity index (χ1v) is 8.03. The predicted molar refractivity (Wildman–Crippen MR) is 95.6 cm³/mol. The van der Waals surface area contributed by atoms with Crippen LogP contribution >= 0.6 is 0 Å². The summed E-state index contributed by atoms with van der Waals surface area (Å²) in [7, 11) is 4.74. The zero-order valence-corrected chi connectivity index (χ0v) is 14.8. The van der Waals surface area contributed by atoms with Crippen molar-refractivity contribution >= 4 is 11.8 Å². The summed E-state index contributed by atoms with van der Waals surface area (Å²) in [4.78, 5) is 26.9. The Hall–Kier alpha value is -2.66. The fraction of sp³-hybridized carbons (Fsp3) is 0.300. The number of carbonyl (C=O) groups is 2. The van der Waals surface area contributed by atoms with Crippen molar-refractivity contribution in [1.82, 2.24) is 4.90 Å². The minimum absolute atomic E-state index is 0.255. The van der Waals surface area contributed by atoms with Gasteiger partial charge in [-0.15, -0.1) is 0 Å². The number of esters is 1. The first-order chi connectivity index (χ1) is 12.0. The van der Waals surface area contributed by atoms with Crippen LogP contribution in [0.2, 0.25) is 0 Å². The lowest BCUT2D eigenvalue weighted by Crippen LogP contribution is -2.36. The standard InChI is InChI=1S/C20H23NO4/c1-21(13-15-7-5-4-6-8-15)14-18(20(23)25-3)19(22)16-9-11-17(24-2)12-10-16/h4-12,18H,13-14H2,1-3H3. The van der Waals surface area contributed by atoms with Gasteiger partial charge in [-0.1, -0.05) is 30.3 Å². The molecule has 1 atom stereocenters. The van der Waals surface area contributed by atoms with Gasteiger partial charge in [-0.3, -0.25) is 9.59 Å². The highest BCUT2D eigenvalue weighted by atomic mass is 16.5. The molecule has 1 unspecified atom stereocenters. The van der Waals surface area contributed by atoms with Crippen LogP contribution in [0.15, 0.2) is 54.6 Å². The number of hydrogen-bond acceptors (Lipinski definition) is 5. The Balaban J connectivity index is 2.11. The van der Waals surface area contributed by atoms with Crippen molar-refractivity contribution in [3.05, 3.63) is 65.7 Å². The number of methoxy groups -OCH3 is 2. The molecule has 25 heavy (non-hydrogen) atoms. The molecule has 0 bridgehead atoms. The number of Topliss-reactive ketones (excluding diaryl/α,β-unsaturated/α-hetero) is 1. The molecule has 0 N–H and O–H groups in total. The van der Waals surface area contributed by atoms with Gasteiger partial charge in [-0.25, -0.2) is 0 Å². The molecule has 0 saturated carbocycles. The second-order valence-corrected chi connectivity index (χ2v) is 5.85. The van der Waals surface area contributed by atoms with Gasteiger partial charge in [-0.05, 0) is 36.9 Å². The third kappa shape index (κ3) is 5.16. The SMILES string of the molecule is COC(=O)C(CN(C)Cc1ccccc1)C(=O)c1ccc(OC)cc1. The van der Waals surface area contributed by atoms with E-state index in [1.807, 2.05) is 42.3 Å². The van der Waals surface area contributed by atoms with Crippen LogP contribution in [0.1, 0.15) is 15.9 Å². The highest BCUT2D eigenvalue weighted by molar-refractivity contribution is 6.08. The highest BCUT2D eigenvalue weighted by Gasteiger charge is 2.29. The summed E-state index contributed by atoms with van der Waals surface area (Å²) in [5.74, 6) is -0.991. The summed E-state index contributed by atoms with van der Waals surface area (Å²) in [6.45, 7) is 0.927. The van der Waals surface area contributed by atoms with Gasteiger partial charge in [0.2, 0.25) is 0 Å². The summed E-state index contributed by atoms with van der Waals surface area (Å²) in [5, 5.41) is 0. The van der Waals surface area contributed by atoms with Gasteiger partial charge in [-0.2, -0.15) is 0 Å². The van der Waals surface area contributed by atoms with E-state index in [9.17, 15) is 9.59 Å². The van der Waals surface area contributed by atoms with Crippen LogP contribution in [0, 0.1) is 5.92 Å². The van der Waals surface area contributed by atoms with E-state index in [0.717, 1.165) is 5.56 Å². The monoisotopic (exact) mass is 341 g/mol. The summed E-state index contributed by atoms with van der Waals surface area (Å²) < 4.78 is 9.94. The summed E-state index contributed by atoms with van der Waals surface area (Å²) >= 11 is 0. The maximum atomic E-state index is 12.8. The van der Waals surface area contributed by atoms with Gasteiger partial charge < -0.3 is 14.4 Å². The van der Waals surface area contributed by atoms with E-state index in [1.54, 1.807) is 31.4 Å². The average Bonchev–Trinajstić information content (AvgIpc) is 2.66. The zero-order chi connectivity index (χ0) is 18.2. The van der Waals surface area contributed by atoms with E-state index in [1.165, 1.54) is 7.11 Å². The molecule has 0 aliphatic rings. The molecule has 0 radical (unpaired) electrons. The molecule has 0 spiro atoms. The summed E-state index contributed by atoms with van der Waals surface area (Å²) in [6.07, 6.45) is 0. The molecule has 132 valence electrons. The predicted octanol–water partition coefficient (Wildman–Crippen LogP) is 2.80. The Kier molecular flexibility index (Phi) is 6.71. The molecule has 0 amide bonds. The third-order valence-corrected chi connectivity index (χ3v) is 3.97. The van der Waals surface area contributed by atoms with E-state index in [-0.39, 0.29) is 12.3 Å². The van der Waals surface area contributed by atoms with Crippen molar-refractivity contribution in [2.24, 2.45) is 5.92 Å². The zero-order valence-electron chi connectivity index (χ0n) is 14.8. The van der Waals surface area contributed by atoms with Crippen LogP contribution in [0.25, 0.3) is 0 Å². The lowest BCUT2D eigenvalue weighted by Gasteiger charge is -2.22. The van der Waals surface area contributed by atoms with Gasteiger partial charge >= 0.3 is 5.97 Å². The molecular weight excluding hydrogens is 318 g/mol. The second-order valence-electron chi connectivity index (χ2n) is 5.85. The van der Waals surface area contributed by atoms with Gasteiger partial charge in [0.15, 0.2) is 5.78 Å². The van der Waals surface area contributed by atoms with Crippen molar-refractivity contribution in [2.45, 2.75) is 6.54 Å². The van der Waals surface area contributed by atoms with Crippen LogP contribution < -0.4 is 4.74 Å². The molecule has 2 aromatic rings. The maximum Gasteiger partial charge on any atom is 0.317 e. The molecule has 0 aromatic heterocycles. The van der Waals surface area contributed by atoms with E-state index < -0.39 is 11.9 Å². The Labute approximate surface area is 148 Å². The van der Waals surface area contributed by atoms with Gasteiger partial charge in [0.05, 0.1) is 14.2 Å². The quantitative estimate of drug-likeness (QED) is 0.420. The number of nitrogens with zero attached hydrogens (tertiary/aromatic N) is 1. The molecule has 0 aliphatic carbocycles. The van der Waals surface area contributed by atoms with Crippen molar-refractivity contribution in [2.75, 3.05) is 27.8 Å². The third-order valence-electron chi connectivity index (χ3n) is 3.97. The number of rotatable bonds is 8. The topological polar surface area (TPSA) is 55.8 Å². The van der Waals surface area contributed by atoms with Crippen molar-refractivity contribution in [3.63, 3.8) is 0 Å². The largest absolute Gasteiger partial charge is 0.497 e. The molecule has 2 aromatic carbocycles. The van der Waals surface area contributed by atoms with Gasteiger partial charge in [0.25, 0.3) is 0 Å². The Morgan fingerprint density at radius 1 is 1.00 bits per heavy atom. The van der Waals surface area contributed by atoms with E-state index in [2.05, 4.69) is 0 Å². The minimum atomic E-state index is -0.868.